The van der Waals surface area contributed by atoms with E-state index in [1.807, 2.05) is 44.2 Å². The Kier molecular flexibility index (Phi) is 5.25. The van der Waals surface area contributed by atoms with Crippen molar-refractivity contribution in [3.63, 3.8) is 0 Å². The zero-order valence-corrected chi connectivity index (χ0v) is 15.9. The minimum atomic E-state index is -3.65. The maximum atomic E-state index is 12.8. The van der Waals surface area contributed by atoms with Crippen LogP contribution < -0.4 is 9.46 Å². The van der Waals surface area contributed by atoms with Crippen LogP contribution in [0.4, 0.5) is 0 Å². The van der Waals surface area contributed by atoms with Gasteiger partial charge in [0.05, 0.1) is 12.6 Å². The third-order valence-corrected chi connectivity index (χ3v) is 5.72. The first kappa shape index (κ1) is 18.4. The van der Waals surface area contributed by atoms with Crippen LogP contribution in [0, 0.1) is 13.8 Å². The van der Waals surface area contributed by atoms with Crippen molar-refractivity contribution in [1.82, 2.24) is 9.71 Å². The van der Waals surface area contributed by atoms with Crippen molar-refractivity contribution in [2.45, 2.75) is 25.2 Å². The van der Waals surface area contributed by atoms with E-state index < -0.39 is 10.0 Å². The average molecular weight is 370 g/mol. The van der Waals surface area contributed by atoms with Gasteiger partial charge in [-0.2, -0.15) is 0 Å². The quantitative estimate of drug-likeness (QED) is 0.722. The van der Waals surface area contributed by atoms with Gasteiger partial charge >= 0.3 is 0 Å². The van der Waals surface area contributed by atoms with Crippen LogP contribution in [0.25, 0.3) is 10.9 Å². The van der Waals surface area contributed by atoms with Gasteiger partial charge in [-0.3, -0.25) is 4.98 Å². The number of sulfonamides is 1. The Morgan fingerprint density at radius 2 is 1.88 bits per heavy atom. The van der Waals surface area contributed by atoms with E-state index in [-0.39, 0.29) is 11.4 Å². The lowest BCUT2D eigenvalue weighted by Crippen LogP contribution is -2.26. The first-order valence-corrected chi connectivity index (χ1v) is 9.87. The lowest BCUT2D eigenvalue weighted by atomic mass is 10.1. The zero-order chi connectivity index (χ0) is 18.7. The van der Waals surface area contributed by atoms with Gasteiger partial charge in [-0.25, -0.2) is 13.1 Å². The molecule has 1 aromatic heterocycles. The maximum Gasteiger partial charge on any atom is 0.242 e. The van der Waals surface area contributed by atoms with Gasteiger partial charge in [-0.05, 0) is 49.6 Å². The predicted molar refractivity (Wildman–Crippen MR) is 103 cm³/mol. The predicted octanol–water partition coefficient (Wildman–Crippen LogP) is 3.38. The first-order chi connectivity index (χ1) is 12.4. The minimum absolute atomic E-state index is 0.200. The third kappa shape index (κ3) is 3.86. The maximum absolute atomic E-state index is 12.8. The summed E-state index contributed by atoms with van der Waals surface area (Å²) in [6.45, 7) is 4.21. The van der Waals surface area contributed by atoms with E-state index in [9.17, 15) is 8.42 Å². The second-order valence-electron chi connectivity index (χ2n) is 6.30. The second-order valence-corrected chi connectivity index (χ2v) is 8.04. The van der Waals surface area contributed by atoms with Crippen LogP contribution in [-0.4, -0.2) is 27.1 Å². The summed E-state index contributed by atoms with van der Waals surface area (Å²) in [5.74, 6) is 0.761. The van der Waals surface area contributed by atoms with Crippen LogP contribution in [0.1, 0.15) is 16.7 Å². The molecule has 0 atom stereocenters. The standard InChI is InChI=1S/C20H22N2O3S/c1-14-7-8-18(25-3)16(11-14)9-10-22-26(23,24)19-6-4-5-17-12-15(2)13-21-20(17)19/h4-8,11-13,22H,9-10H2,1-3H3. The number of benzene rings is 2. The number of hydrogen-bond acceptors (Lipinski definition) is 4. The summed E-state index contributed by atoms with van der Waals surface area (Å²) in [5, 5.41) is 0.813. The molecule has 0 aliphatic heterocycles. The number of nitrogens with zero attached hydrogens (tertiary/aromatic N) is 1. The Hall–Kier alpha value is -2.44. The van der Waals surface area contributed by atoms with Crippen molar-refractivity contribution in [3.8, 4) is 5.75 Å². The molecule has 1 heterocycles. The fraction of sp³-hybridized carbons (Fsp3) is 0.250. The Labute approximate surface area is 154 Å². The Balaban J connectivity index is 1.81. The summed E-state index contributed by atoms with van der Waals surface area (Å²) in [6, 6.07) is 13.0. The number of nitrogens with one attached hydrogen (secondary N) is 1. The van der Waals surface area contributed by atoms with E-state index in [2.05, 4.69) is 9.71 Å². The SMILES string of the molecule is COc1ccc(C)cc1CCNS(=O)(=O)c1cccc2cc(C)cnc12. The topological polar surface area (TPSA) is 68.3 Å². The Morgan fingerprint density at radius 1 is 1.08 bits per heavy atom. The van der Waals surface area contributed by atoms with Gasteiger partial charge in [-0.15, -0.1) is 0 Å². The summed E-state index contributed by atoms with van der Waals surface area (Å²) in [4.78, 5) is 4.51. The first-order valence-electron chi connectivity index (χ1n) is 8.39. The summed E-state index contributed by atoms with van der Waals surface area (Å²) >= 11 is 0. The van der Waals surface area contributed by atoms with E-state index >= 15 is 0 Å². The largest absolute Gasteiger partial charge is 0.496 e. The van der Waals surface area contributed by atoms with Crippen molar-refractivity contribution in [2.75, 3.05) is 13.7 Å². The molecule has 5 nitrogen and oxygen atoms in total. The van der Waals surface area contributed by atoms with E-state index in [1.165, 1.54) is 0 Å². The Bertz CT molecular complexity index is 1050. The number of methoxy groups -OCH3 is 1. The molecule has 3 rings (SSSR count). The molecule has 26 heavy (non-hydrogen) atoms. The number of pyridine rings is 1. The molecule has 0 amide bonds. The van der Waals surface area contributed by atoms with Crippen LogP contribution in [0.15, 0.2) is 53.6 Å². The van der Waals surface area contributed by atoms with Gasteiger partial charge in [-0.1, -0.05) is 29.8 Å². The molecule has 0 spiro atoms. The fourth-order valence-corrected chi connectivity index (χ4v) is 4.17. The number of aryl methyl sites for hydroxylation is 2. The van der Waals surface area contributed by atoms with Crippen LogP contribution in [0.2, 0.25) is 0 Å². The van der Waals surface area contributed by atoms with Crippen LogP contribution in [-0.2, 0) is 16.4 Å². The van der Waals surface area contributed by atoms with Gasteiger partial charge in [0.25, 0.3) is 0 Å². The number of hydrogen-bond donors (Lipinski definition) is 1. The monoisotopic (exact) mass is 370 g/mol. The highest BCUT2D eigenvalue weighted by molar-refractivity contribution is 7.89. The van der Waals surface area contributed by atoms with Crippen molar-refractivity contribution >= 4 is 20.9 Å². The molecule has 1 N–H and O–H groups in total. The average Bonchev–Trinajstić information content (AvgIpc) is 2.61. The molecule has 0 aliphatic rings. The number of ether oxygens (including phenoxy) is 1. The lowest BCUT2D eigenvalue weighted by Gasteiger charge is -2.12. The van der Waals surface area contributed by atoms with Crippen molar-refractivity contribution in [1.29, 1.82) is 0 Å². The number of para-hydroxylation sites is 1. The highest BCUT2D eigenvalue weighted by Crippen LogP contribution is 2.23. The van der Waals surface area contributed by atoms with E-state index in [1.54, 1.807) is 25.4 Å². The van der Waals surface area contributed by atoms with Crippen LogP contribution >= 0.6 is 0 Å². The molecule has 0 saturated carbocycles. The fourth-order valence-electron chi connectivity index (χ4n) is 2.96. The lowest BCUT2D eigenvalue weighted by molar-refractivity contribution is 0.409. The Morgan fingerprint density at radius 3 is 2.65 bits per heavy atom. The van der Waals surface area contributed by atoms with Crippen molar-refractivity contribution in [3.05, 3.63) is 65.4 Å². The van der Waals surface area contributed by atoms with Gasteiger partial charge in [0.15, 0.2) is 0 Å². The molecule has 0 bridgehead atoms. The molecule has 3 aromatic rings. The molecular formula is C20H22N2O3S. The number of rotatable bonds is 6. The molecule has 0 unspecified atom stereocenters. The van der Waals surface area contributed by atoms with Crippen molar-refractivity contribution < 1.29 is 13.2 Å². The highest BCUT2D eigenvalue weighted by Gasteiger charge is 2.18. The van der Waals surface area contributed by atoms with Gasteiger partial charge in [0.1, 0.15) is 10.6 Å². The summed E-state index contributed by atoms with van der Waals surface area (Å²) < 4.78 is 33.5. The van der Waals surface area contributed by atoms with Gasteiger partial charge < -0.3 is 4.74 Å². The molecule has 2 aromatic carbocycles. The van der Waals surface area contributed by atoms with Crippen LogP contribution in [0.3, 0.4) is 0 Å². The summed E-state index contributed by atoms with van der Waals surface area (Å²) in [6.07, 6.45) is 2.22. The highest BCUT2D eigenvalue weighted by atomic mass is 32.2. The third-order valence-electron chi connectivity index (χ3n) is 4.22. The van der Waals surface area contributed by atoms with Crippen molar-refractivity contribution in [2.24, 2.45) is 0 Å². The van der Waals surface area contributed by atoms with Gasteiger partial charge in [0.2, 0.25) is 10.0 Å². The molecular weight excluding hydrogens is 348 g/mol. The van der Waals surface area contributed by atoms with Gasteiger partial charge in [0, 0.05) is 18.1 Å². The molecule has 136 valence electrons. The van der Waals surface area contributed by atoms with E-state index in [0.717, 1.165) is 27.8 Å². The summed E-state index contributed by atoms with van der Waals surface area (Å²) in [7, 11) is -2.04. The van der Waals surface area contributed by atoms with E-state index in [4.69, 9.17) is 4.74 Å². The molecule has 0 radical (unpaired) electrons. The zero-order valence-electron chi connectivity index (χ0n) is 15.1. The molecule has 0 fully saturated rings. The molecule has 6 heteroatoms. The summed E-state index contributed by atoms with van der Waals surface area (Å²) in [5.41, 5.74) is 3.56. The number of aromatic nitrogens is 1. The normalized spacial score (nSPS) is 11.7. The van der Waals surface area contributed by atoms with Crippen LogP contribution in [0.5, 0.6) is 5.75 Å². The minimum Gasteiger partial charge on any atom is -0.496 e. The molecule has 0 aliphatic carbocycles. The molecule has 0 saturated heterocycles. The smallest absolute Gasteiger partial charge is 0.242 e. The van der Waals surface area contributed by atoms with E-state index in [0.29, 0.717) is 11.9 Å². The second kappa shape index (κ2) is 7.43. The number of fused-ring (bicyclic) bond motifs is 1.